The van der Waals surface area contributed by atoms with Gasteiger partial charge in [-0.25, -0.2) is 4.79 Å². The Morgan fingerprint density at radius 1 is 1.10 bits per heavy atom. The van der Waals surface area contributed by atoms with Gasteiger partial charge in [0, 0.05) is 13.0 Å². The minimum absolute atomic E-state index is 0.0375. The number of nitrogens with two attached hydrogens (primary N) is 1. The number of likely N-dealkylation sites (tertiary alicyclic amines) is 1. The van der Waals surface area contributed by atoms with Crippen molar-refractivity contribution >= 4 is 29.7 Å². The first kappa shape index (κ1) is 25.3. The molecule has 6 N–H and O–H groups in total. The third kappa shape index (κ3) is 7.62. The van der Waals surface area contributed by atoms with Crippen LogP contribution in [0.15, 0.2) is 0 Å². The molecule has 11 nitrogen and oxygen atoms in total. The lowest BCUT2D eigenvalue weighted by Gasteiger charge is -2.28. The van der Waals surface area contributed by atoms with Crippen molar-refractivity contribution in [2.45, 2.75) is 77.0 Å². The standard InChI is InChI=1S/C19H32N4O7/c1-10(2)9-13(19(29)30)22-16(26)11(3)21-17(27)14-5-4-8-23(14)18(28)12(20)6-7-15(24)25/h10-14H,4-9,20H2,1-3H3,(H,21,27)(H,22,26)(H,24,25)(H,29,30). The number of hydrogen-bond donors (Lipinski definition) is 5. The van der Waals surface area contributed by atoms with Crippen LogP contribution < -0.4 is 16.4 Å². The molecule has 4 atom stereocenters. The van der Waals surface area contributed by atoms with E-state index in [2.05, 4.69) is 10.6 Å². The molecular weight excluding hydrogens is 396 g/mol. The molecule has 1 aliphatic rings. The van der Waals surface area contributed by atoms with Crippen LogP contribution in [0.25, 0.3) is 0 Å². The van der Waals surface area contributed by atoms with Gasteiger partial charge in [0.15, 0.2) is 0 Å². The molecule has 0 aliphatic carbocycles. The minimum Gasteiger partial charge on any atom is -0.481 e. The van der Waals surface area contributed by atoms with Gasteiger partial charge in [0.2, 0.25) is 17.7 Å². The Balaban J connectivity index is 2.68. The first-order valence-electron chi connectivity index (χ1n) is 10.0. The highest BCUT2D eigenvalue weighted by Gasteiger charge is 2.37. The number of hydrogen-bond acceptors (Lipinski definition) is 6. The molecule has 3 amide bonds. The number of aliphatic carboxylic acids is 2. The Morgan fingerprint density at radius 3 is 2.27 bits per heavy atom. The van der Waals surface area contributed by atoms with Crippen LogP contribution in [-0.2, 0) is 24.0 Å². The zero-order chi connectivity index (χ0) is 23.0. The third-order valence-electron chi connectivity index (χ3n) is 4.90. The van der Waals surface area contributed by atoms with E-state index in [-0.39, 0.29) is 25.2 Å². The molecule has 0 radical (unpaired) electrons. The molecule has 0 saturated carbocycles. The summed E-state index contributed by atoms with van der Waals surface area (Å²) in [6.45, 7) is 5.41. The summed E-state index contributed by atoms with van der Waals surface area (Å²) >= 11 is 0. The van der Waals surface area contributed by atoms with Crippen LogP contribution in [-0.4, -0.2) is 75.5 Å². The number of carbonyl (C=O) groups excluding carboxylic acids is 3. The zero-order valence-corrected chi connectivity index (χ0v) is 17.6. The Kier molecular flexibility index (Phi) is 9.70. The molecule has 11 heteroatoms. The van der Waals surface area contributed by atoms with Crippen LogP contribution in [0, 0.1) is 5.92 Å². The molecule has 170 valence electrons. The Bertz CT molecular complexity index is 667. The largest absolute Gasteiger partial charge is 0.481 e. The second kappa shape index (κ2) is 11.5. The highest BCUT2D eigenvalue weighted by Crippen LogP contribution is 2.19. The van der Waals surface area contributed by atoms with E-state index >= 15 is 0 Å². The summed E-state index contributed by atoms with van der Waals surface area (Å²) in [4.78, 5) is 60.7. The van der Waals surface area contributed by atoms with Crippen LogP contribution in [0.1, 0.15) is 52.9 Å². The monoisotopic (exact) mass is 428 g/mol. The van der Waals surface area contributed by atoms with E-state index in [4.69, 9.17) is 10.8 Å². The summed E-state index contributed by atoms with van der Waals surface area (Å²) < 4.78 is 0. The highest BCUT2D eigenvalue weighted by molar-refractivity contribution is 5.94. The van der Waals surface area contributed by atoms with Crippen molar-refractivity contribution < 1.29 is 34.2 Å². The average molecular weight is 428 g/mol. The van der Waals surface area contributed by atoms with E-state index in [1.165, 1.54) is 11.8 Å². The smallest absolute Gasteiger partial charge is 0.326 e. The van der Waals surface area contributed by atoms with Crippen molar-refractivity contribution in [1.82, 2.24) is 15.5 Å². The lowest BCUT2D eigenvalue weighted by atomic mass is 10.0. The first-order chi connectivity index (χ1) is 13.9. The quantitative estimate of drug-likeness (QED) is 0.286. The van der Waals surface area contributed by atoms with Crippen LogP contribution in [0.4, 0.5) is 0 Å². The molecule has 0 aromatic rings. The van der Waals surface area contributed by atoms with E-state index in [9.17, 15) is 29.1 Å². The van der Waals surface area contributed by atoms with Gasteiger partial charge in [-0.1, -0.05) is 13.8 Å². The van der Waals surface area contributed by atoms with Crippen molar-refractivity contribution in [3.63, 3.8) is 0 Å². The predicted octanol–water partition coefficient (Wildman–Crippen LogP) is -0.710. The number of nitrogens with zero attached hydrogens (tertiary/aromatic N) is 1. The van der Waals surface area contributed by atoms with E-state index in [0.717, 1.165) is 0 Å². The lowest BCUT2D eigenvalue weighted by molar-refractivity contribution is -0.143. The van der Waals surface area contributed by atoms with Crippen molar-refractivity contribution in [2.75, 3.05) is 6.54 Å². The normalized spacial score (nSPS) is 19.1. The van der Waals surface area contributed by atoms with Crippen molar-refractivity contribution in [1.29, 1.82) is 0 Å². The topological polar surface area (TPSA) is 179 Å². The molecule has 0 bridgehead atoms. The molecule has 1 aliphatic heterocycles. The van der Waals surface area contributed by atoms with Gasteiger partial charge in [0.05, 0.1) is 6.04 Å². The fraction of sp³-hybridized carbons (Fsp3) is 0.737. The highest BCUT2D eigenvalue weighted by atomic mass is 16.4. The van der Waals surface area contributed by atoms with E-state index in [0.29, 0.717) is 19.4 Å². The van der Waals surface area contributed by atoms with Crippen molar-refractivity contribution in [3.8, 4) is 0 Å². The minimum atomic E-state index is -1.15. The number of carboxylic acids is 2. The summed E-state index contributed by atoms with van der Waals surface area (Å²) in [6, 6.07) is -3.89. The van der Waals surface area contributed by atoms with Crippen LogP contribution in [0.2, 0.25) is 0 Å². The molecular formula is C19H32N4O7. The van der Waals surface area contributed by atoms with Gasteiger partial charge >= 0.3 is 11.9 Å². The second-order valence-corrected chi connectivity index (χ2v) is 7.99. The molecule has 4 unspecified atom stereocenters. The molecule has 0 spiro atoms. The van der Waals surface area contributed by atoms with Crippen molar-refractivity contribution in [3.05, 3.63) is 0 Å². The second-order valence-electron chi connectivity index (χ2n) is 7.99. The van der Waals surface area contributed by atoms with Gasteiger partial charge in [-0.2, -0.15) is 0 Å². The Hall–Kier alpha value is -2.69. The number of amides is 3. The molecule has 30 heavy (non-hydrogen) atoms. The fourth-order valence-electron chi connectivity index (χ4n) is 3.28. The van der Waals surface area contributed by atoms with Crippen LogP contribution in [0.3, 0.4) is 0 Å². The molecule has 1 saturated heterocycles. The summed E-state index contributed by atoms with van der Waals surface area (Å²) in [5.74, 6) is -3.84. The Morgan fingerprint density at radius 2 is 1.73 bits per heavy atom. The third-order valence-corrected chi connectivity index (χ3v) is 4.90. The van der Waals surface area contributed by atoms with E-state index < -0.39 is 53.8 Å². The summed E-state index contributed by atoms with van der Waals surface area (Å²) in [7, 11) is 0. The predicted molar refractivity (Wildman–Crippen MR) is 106 cm³/mol. The number of carboxylic acid groups (broad SMARTS) is 2. The average Bonchev–Trinajstić information content (AvgIpc) is 3.14. The van der Waals surface area contributed by atoms with Gasteiger partial charge < -0.3 is 31.5 Å². The maximum absolute atomic E-state index is 12.6. The van der Waals surface area contributed by atoms with E-state index in [1.54, 1.807) is 0 Å². The van der Waals surface area contributed by atoms with E-state index in [1.807, 2.05) is 13.8 Å². The van der Waals surface area contributed by atoms with Crippen LogP contribution in [0.5, 0.6) is 0 Å². The lowest BCUT2D eigenvalue weighted by Crippen LogP contribution is -2.55. The van der Waals surface area contributed by atoms with Crippen LogP contribution >= 0.6 is 0 Å². The number of nitrogens with one attached hydrogen (secondary N) is 2. The van der Waals surface area contributed by atoms with Gasteiger partial charge in [-0.05, 0) is 38.5 Å². The first-order valence-corrected chi connectivity index (χ1v) is 10.0. The SMILES string of the molecule is CC(C)CC(NC(=O)C(C)NC(=O)C1CCCN1C(=O)C(N)CCC(=O)O)C(=O)O. The molecule has 0 aromatic carbocycles. The summed E-state index contributed by atoms with van der Waals surface area (Å²) in [5.41, 5.74) is 5.77. The Labute approximate surface area is 175 Å². The summed E-state index contributed by atoms with van der Waals surface area (Å²) in [5, 5.41) is 22.9. The molecule has 1 heterocycles. The maximum atomic E-state index is 12.6. The van der Waals surface area contributed by atoms with Crippen molar-refractivity contribution in [2.24, 2.45) is 11.7 Å². The van der Waals surface area contributed by atoms with Gasteiger partial charge in [0.25, 0.3) is 0 Å². The summed E-state index contributed by atoms with van der Waals surface area (Å²) in [6.07, 6.45) is 0.926. The molecule has 1 rings (SSSR count). The zero-order valence-electron chi connectivity index (χ0n) is 17.6. The fourth-order valence-corrected chi connectivity index (χ4v) is 3.28. The number of carbonyl (C=O) groups is 5. The molecule has 0 aromatic heterocycles. The number of rotatable bonds is 11. The van der Waals surface area contributed by atoms with Gasteiger partial charge in [-0.15, -0.1) is 0 Å². The maximum Gasteiger partial charge on any atom is 0.326 e. The van der Waals surface area contributed by atoms with Gasteiger partial charge in [-0.3, -0.25) is 19.2 Å². The van der Waals surface area contributed by atoms with Gasteiger partial charge in [0.1, 0.15) is 18.1 Å². The molecule has 1 fully saturated rings.